The predicted molar refractivity (Wildman–Crippen MR) is 67.1 cm³/mol. The zero-order chi connectivity index (χ0) is 13.2. The number of nitrogens with zero attached hydrogens (tertiary/aromatic N) is 2. The molecule has 0 fully saturated rings. The first-order valence-electron chi connectivity index (χ1n) is 5.57. The second-order valence-electron chi connectivity index (χ2n) is 3.40. The summed E-state index contributed by atoms with van der Waals surface area (Å²) in [4.78, 5) is 7.74. The molecule has 0 saturated heterocycles. The molecule has 5 N–H and O–H groups in total. The SMILES string of the molecule is COCCCOCCOc1cc(NN)nc(N)n1. The molecule has 0 aromatic carbocycles. The normalized spacial score (nSPS) is 10.3. The third-order valence-corrected chi connectivity index (χ3v) is 1.98. The van der Waals surface area contributed by atoms with E-state index in [1.807, 2.05) is 0 Å². The van der Waals surface area contributed by atoms with Crippen molar-refractivity contribution in [2.24, 2.45) is 5.84 Å². The Hall–Kier alpha value is -1.64. The molecule has 8 heteroatoms. The molecule has 102 valence electrons. The molecule has 1 heterocycles. The third-order valence-electron chi connectivity index (χ3n) is 1.98. The minimum absolute atomic E-state index is 0.0986. The van der Waals surface area contributed by atoms with Crippen molar-refractivity contribution in [3.63, 3.8) is 0 Å². The van der Waals surface area contributed by atoms with Gasteiger partial charge in [0.05, 0.1) is 6.61 Å². The van der Waals surface area contributed by atoms with Gasteiger partial charge in [0.25, 0.3) is 0 Å². The van der Waals surface area contributed by atoms with Crippen LogP contribution in [0.5, 0.6) is 5.88 Å². The lowest BCUT2D eigenvalue weighted by Crippen LogP contribution is -2.13. The van der Waals surface area contributed by atoms with Crippen molar-refractivity contribution in [1.29, 1.82) is 0 Å². The Morgan fingerprint density at radius 2 is 2.06 bits per heavy atom. The van der Waals surface area contributed by atoms with Gasteiger partial charge < -0.3 is 25.4 Å². The molecule has 0 spiro atoms. The summed E-state index contributed by atoms with van der Waals surface area (Å²) in [5, 5.41) is 0. The average Bonchev–Trinajstić information content (AvgIpc) is 2.37. The maximum atomic E-state index is 5.48. The van der Waals surface area contributed by atoms with Crippen LogP contribution in [0.25, 0.3) is 0 Å². The molecule has 0 aliphatic rings. The number of ether oxygens (including phenoxy) is 3. The molecule has 18 heavy (non-hydrogen) atoms. The molecule has 8 nitrogen and oxygen atoms in total. The van der Waals surface area contributed by atoms with Gasteiger partial charge in [0.1, 0.15) is 12.4 Å². The highest BCUT2D eigenvalue weighted by Gasteiger charge is 2.02. The fourth-order valence-electron chi connectivity index (χ4n) is 1.20. The van der Waals surface area contributed by atoms with E-state index in [4.69, 9.17) is 25.8 Å². The van der Waals surface area contributed by atoms with Gasteiger partial charge in [-0.15, -0.1) is 0 Å². The number of hydrogen-bond acceptors (Lipinski definition) is 8. The Labute approximate surface area is 106 Å². The van der Waals surface area contributed by atoms with Gasteiger partial charge in [0, 0.05) is 26.4 Å². The maximum Gasteiger partial charge on any atom is 0.225 e. The molecule has 0 aliphatic carbocycles. The quantitative estimate of drug-likeness (QED) is 0.315. The second-order valence-corrected chi connectivity index (χ2v) is 3.40. The van der Waals surface area contributed by atoms with Crippen LogP contribution in [0.2, 0.25) is 0 Å². The number of hydrogen-bond donors (Lipinski definition) is 3. The Balaban J connectivity index is 2.20. The van der Waals surface area contributed by atoms with Gasteiger partial charge in [-0.05, 0) is 6.42 Å². The molecule has 1 aromatic rings. The van der Waals surface area contributed by atoms with Gasteiger partial charge in [0.15, 0.2) is 0 Å². The van der Waals surface area contributed by atoms with E-state index in [0.717, 1.165) is 6.42 Å². The van der Waals surface area contributed by atoms with Crippen molar-refractivity contribution in [3.05, 3.63) is 6.07 Å². The maximum absolute atomic E-state index is 5.48. The lowest BCUT2D eigenvalue weighted by Gasteiger charge is -2.08. The van der Waals surface area contributed by atoms with Crippen LogP contribution in [0.15, 0.2) is 6.07 Å². The van der Waals surface area contributed by atoms with E-state index >= 15 is 0 Å². The van der Waals surface area contributed by atoms with Crippen molar-refractivity contribution >= 4 is 11.8 Å². The second kappa shape index (κ2) is 8.45. The Morgan fingerprint density at radius 3 is 2.78 bits per heavy atom. The highest BCUT2D eigenvalue weighted by molar-refractivity contribution is 5.41. The van der Waals surface area contributed by atoms with Crippen LogP contribution in [0.1, 0.15) is 6.42 Å². The van der Waals surface area contributed by atoms with E-state index in [9.17, 15) is 0 Å². The number of methoxy groups -OCH3 is 1. The van der Waals surface area contributed by atoms with Gasteiger partial charge in [-0.3, -0.25) is 0 Å². The number of hydrazine groups is 1. The first-order chi connectivity index (χ1) is 8.76. The minimum atomic E-state index is 0.0986. The first-order valence-corrected chi connectivity index (χ1v) is 5.57. The molecule has 1 aromatic heterocycles. The fraction of sp³-hybridized carbons (Fsp3) is 0.600. The van der Waals surface area contributed by atoms with E-state index in [1.54, 1.807) is 13.2 Å². The molecule has 0 aliphatic heterocycles. The van der Waals surface area contributed by atoms with Crippen LogP contribution in [-0.2, 0) is 9.47 Å². The Bertz CT molecular complexity index is 350. The van der Waals surface area contributed by atoms with Crippen LogP contribution >= 0.6 is 0 Å². The first kappa shape index (κ1) is 14.4. The fourth-order valence-corrected chi connectivity index (χ4v) is 1.20. The molecular weight excluding hydrogens is 238 g/mol. The van der Waals surface area contributed by atoms with Crippen LogP contribution in [0.4, 0.5) is 11.8 Å². The standard InChI is InChI=1S/C10H19N5O3/c1-16-3-2-4-17-5-6-18-9-7-8(15-12)13-10(11)14-9/h7H,2-6,12H2,1H3,(H3,11,13,14,15). The molecule has 0 saturated carbocycles. The summed E-state index contributed by atoms with van der Waals surface area (Å²) < 4.78 is 15.6. The number of rotatable bonds is 9. The Morgan fingerprint density at radius 1 is 1.22 bits per heavy atom. The largest absolute Gasteiger partial charge is 0.475 e. The number of nitrogens with one attached hydrogen (secondary N) is 1. The monoisotopic (exact) mass is 257 g/mol. The summed E-state index contributed by atoms with van der Waals surface area (Å²) in [6, 6.07) is 1.56. The zero-order valence-electron chi connectivity index (χ0n) is 10.4. The number of nitrogen functional groups attached to an aromatic ring is 2. The lowest BCUT2D eigenvalue weighted by molar-refractivity contribution is 0.0796. The molecular formula is C10H19N5O3. The van der Waals surface area contributed by atoms with Crippen LogP contribution < -0.4 is 21.7 Å². The van der Waals surface area contributed by atoms with E-state index in [1.165, 1.54) is 0 Å². The summed E-state index contributed by atoms with van der Waals surface area (Å²) in [6.07, 6.45) is 0.859. The summed E-state index contributed by atoms with van der Waals surface area (Å²) in [5.41, 5.74) is 7.85. The van der Waals surface area contributed by atoms with Gasteiger partial charge in [-0.25, -0.2) is 5.84 Å². The molecule has 1 rings (SSSR count). The van der Waals surface area contributed by atoms with Gasteiger partial charge in [-0.2, -0.15) is 9.97 Å². The molecule has 0 atom stereocenters. The van der Waals surface area contributed by atoms with E-state index < -0.39 is 0 Å². The summed E-state index contributed by atoms with van der Waals surface area (Å²) in [6.45, 7) is 2.18. The van der Waals surface area contributed by atoms with Crippen molar-refractivity contribution < 1.29 is 14.2 Å². The van der Waals surface area contributed by atoms with E-state index in [-0.39, 0.29) is 5.95 Å². The third kappa shape index (κ3) is 5.62. The van der Waals surface area contributed by atoms with Crippen molar-refractivity contribution in [1.82, 2.24) is 9.97 Å². The van der Waals surface area contributed by atoms with Crippen LogP contribution in [0, 0.1) is 0 Å². The molecule has 0 unspecified atom stereocenters. The number of anilines is 2. The summed E-state index contributed by atoms with van der Waals surface area (Å²) >= 11 is 0. The lowest BCUT2D eigenvalue weighted by atomic mass is 10.5. The van der Waals surface area contributed by atoms with E-state index in [2.05, 4.69) is 15.4 Å². The van der Waals surface area contributed by atoms with Crippen molar-refractivity contribution in [3.8, 4) is 5.88 Å². The number of aromatic nitrogens is 2. The summed E-state index contributed by atoms with van der Waals surface area (Å²) in [5.74, 6) is 6.08. The number of nitrogens with two attached hydrogens (primary N) is 2. The average molecular weight is 257 g/mol. The van der Waals surface area contributed by atoms with Crippen molar-refractivity contribution in [2.75, 3.05) is 44.7 Å². The van der Waals surface area contributed by atoms with Gasteiger partial charge in [-0.1, -0.05) is 0 Å². The smallest absolute Gasteiger partial charge is 0.225 e. The molecule has 0 radical (unpaired) electrons. The predicted octanol–water partition coefficient (Wildman–Crippen LogP) is -0.224. The highest BCUT2D eigenvalue weighted by atomic mass is 16.5. The minimum Gasteiger partial charge on any atom is -0.475 e. The van der Waals surface area contributed by atoms with Gasteiger partial charge in [0.2, 0.25) is 11.8 Å². The van der Waals surface area contributed by atoms with Crippen LogP contribution in [0.3, 0.4) is 0 Å². The van der Waals surface area contributed by atoms with E-state index in [0.29, 0.717) is 38.1 Å². The van der Waals surface area contributed by atoms with Gasteiger partial charge >= 0.3 is 0 Å². The van der Waals surface area contributed by atoms with Crippen molar-refractivity contribution in [2.45, 2.75) is 6.42 Å². The topological polar surface area (TPSA) is 118 Å². The highest BCUT2D eigenvalue weighted by Crippen LogP contribution is 2.13. The van der Waals surface area contributed by atoms with Crippen LogP contribution in [-0.4, -0.2) is 43.5 Å². The molecule has 0 amide bonds. The molecule has 0 bridgehead atoms. The Kier molecular flexibility index (Phi) is 6.77. The summed E-state index contributed by atoms with van der Waals surface area (Å²) in [7, 11) is 1.66. The zero-order valence-corrected chi connectivity index (χ0v) is 10.4.